The molecular formula is C16H11N3OS3. The zero-order valence-electron chi connectivity index (χ0n) is 12.1. The van der Waals surface area contributed by atoms with Gasteiger partial charge in [0.05, 0.1) is 16.3 Å². The highest BCUT2D eigenvalue weighted by molar-refractivity contribution is 8.26. The topological polar surface area (TPSA) is 37.6 Å². The number of carbonyl (C=O) groups excluding carboxylic acids is 1. The van der Waals surface area contributed by atoms with E-state index in [9.17, 15) is 4.79 Å². The van der Waals surface area contributed by atoms with Crippen LogP contribution in [0.5, 0.6) is 0 Å². The summed E-state index contributed by atoms with van der Waals surface area (Å²) in [4.78, 5) is 20.0. The first-order valence-electron chi connectivity index (χ1n) is 6.87. The normalized spacial score (nSPS) is 16.9. The van der Waals surface area contributed by atoms with Gasteiger partial charge < -0.3 is 0 Å². The number of rotatable bonds is 2. The predicted octanol–water partition coefficient (Wildman–Crippen LogP) is 3.89. The number of aromatic nitrogens is 2. The zero-order valence-corrected chi connectivity index (χ0v) is 14.5. The highest BCUT2D eigenvalue weighted by Gasteiger charge is 2.29. The van der Waals surface area contributed by atoms with Gasteiger partial charge in [-0.1, -0.05) is 54.3 Å². The number of carbonyl (C=O) groups is 1. The number of thiazole rings is 1. The molecule has 0 N–H and O–H groups in total. The molecule has 23 heavy (non-hydrogen) atoms. The van der Waals surface area contributed by atoms with Crippen molar-refractivity contribution < 1.29 is 4.79 Å². The van der Waals surface area contributed by atoms with Gasteiger partial charge in [0.2, 0.25) is 0 Å². The second-order valence-corrected chi connectivity index (χ2v) is 7.56. The average Bonchev–Trinajstić information content (AvgIpc) is 3.21. The fourth-order valence-electron chi connectivity index (χ4n) is 2.42. The lowest BCUT2D eigenvalue weighted by Crippen LogP contribution is -2.22. The third kappa shape index (κ3) is 2.41. The van der Waals surface area contributed by atoms with Crippen LogP contribution >= 0.6 is 35.3 Å². The maximum atomic E-state index is 12.3. The van der Waals surface area contributed by atoms with Gasteiger partial charge in [-0.15, -0.1) is 11.3 Å². The zero-order chi connectivity index (χ0) is 16.0. The fourth-order valence-corrected chi connectivity index (χ4v) is 4.30. The summed E-state index contributed by atoms with van der Waals surface area (Å²) in [5.74, 6) is -0.0656. The Kier molecular flexibility index (Phi) is 3.56. The van der Waals surface area contributed by atoms with Gasteiger partial charge in [0, 0.05) is 24.2 Å². The van der Waals surface area contributed by atoms with Crippen LogP contribution in [0.2, 0.25) is 0 Å². The van der Waals surface area contributed by atoms with E-state index in [1.807, 2.05) is 52.4 Å². The van der Waals surface area contributed by atoms with Crippen LogP contribution in [0.3, 0.4) is 0 Å². The summed E-state index contributed by atoms with van der Waals surface area (Å²) in [7, 11) is 1.70. The molecule has 2 aromatic heterocycles. The SMILES string of the molecule is CN1C(=O)C(=Cc2c(-c3ccccc3)nc3sccn23)SC1=S. The highest BCUT2D eigenvalue weighted by atomic mass is 32.2. The molecule has 1 aliphatic rings. The second-order valence-electron chi connectivity index (χ2n) is 5.01. The molecule has 1 saturated heterocycles. The van der Waals surface area contributed by atoms with Crippen LogP contribution < -0.4 is 0 Å². The van der Waals surface area contributed by atoms with Crippen LogP contribution in [-0.4, -0.2) is 31.6 Å². The lowest BCUT2D eigenvalue weighted by atomic mass is 10.1. The second kappa shape index (κ2) is 5.59. The molecule has 114 valence electrons. The minimum Gasteiger partial charge on any atom is -0.296 e. The van der Waals surface area contributed by atoms with Crippen LogP contribution in [-0.2, 0) is 4.79 Å². The number of hydrogen-bond donors (Lipinski definition) is 0. The molecule has 1 fully saturated rings. The minimum absolute atomic E-state index is 0.0656. The number of thiocarbonyl (C=S) groups is 1. The Bertz CT molecular complexity index is 956. The van der Waals surface area contributed by atoms with E-state index in [-0.39, 0.29) is 5.91 Å². The number of likely N-dealkylation sites (N-methyl/N-ethyl adjacent to an activating group) is 1. The van der Waals surface area contributed by atoms with Crippen molar-refractivity contribution in [2.24, 2.45) is 0 Å². The monoisotopic (exact) mass is 357 g/mol. The predicted molar refractivity (Wildman–Crippen MR) is 99.4 cm³/mol. The Morgan fingerprint density at radius 1 is 1.26 bits per heavy atom. The Balaban J connectivity index is 1.91. The molecule has 0 radical (unpaired) electrons. The standard InChI is InChI=1S/C16H11N3OS3/c1-18-14(20)12(23-16(18)21)9-11-13(10-5-3-2-4-6-10)17-15-19(11)7-8-22-15/h2-9H,1H3. The molecule has 1 aliphatic heterocycles. The van der Waals surface area contributed by atoms with E-state index in [2.05, 4.69) is 0 Å². The number of imidazole rings is 1. The van der Waals surface area contributed by atoms with Crippen molar-refractivity contribution in [2.45, 2.75) is 0 Å². The van der Waals surface area contributed by atoms with Crippen LogP contribution in [0.25, 0.3) is 22.3 Å². The molecule has 0 spiro atoms. The number of nitrogens with zero attached hydrogens (tertiary/aromatic N) is 3. The first-order valence-corrected chi connectivity index (χ1v) is 8.98. The van der Waals surface area contributed by atoms with E-state index in [0.717, 1.165) is 21.9 Å². The van der Waals surface area contributed by atoms with Crippen LogP contribution in [0.4, 0.5) is 0 Å². The largest absolute Gasteiger partial charge is 0.296 e. The van der Waals surface area contributed by atoms with Crippen molar-refractivity contribution in [2.75, 3.05) is 7.05 Å². The lowest BCUT2D eigenvalue weighted by Gasteiger charge is -2.04. The van der Waals surface area contributed by atoms with E-state index in [1.54, 1.807) is 18.4 Å². The average molecular weight is 357 g/mol. The van der Waals surface area contributed by atoms with Gasteiger partial charge in [-0.25, -0.2) is 4.98 Å². The molecule has 0 bridgehead atoms. The Hall–Kier alpha value is -1.96. The number of hydrogen-bond acceptors (Lipinski definition) is 5. The molecular weight excluding hydrogens is 346 g/mol. The molecule has 1 aromatic carbocycles. The minimum atomic E-state index is -0.0656. The summed E-state index contributed by atoms with van der Waals surface area (Å²) in [6.45, 7) is 0. The molecule has 4 nitrogen and oxygen atoms in total. The van der Waals surface area contributed by atoms with Crippen LogP contribution in [0.15, 0.2) is 46.8 Å². The van der Waals surface area contributed by atoms with Gasteiger partial charge in [-0.05, 0) is 6.08 Å². The fraction of sp³-hybridized carbons (Fsp3) is 0.0625. The smallest absolute Gasteiger partial charge is 0.265 e. The molecule has 7 heteroatoms. The van der Waals surface area contributed by atoms with Gasteiger partial charge in [-0.3, -0.25) is 14.1 Å². The Morgan fingerprint density at radius 3 is 2.74 bits per heavy atom. The van der Waals surface area contributed by atoms with E-state index in [0.29, 0.717) is 9.23 Å². The van der Waals surface area contributed by atoms with E-state index in [4.69, 9.17) is 17.2 Å². The number of fused-ring (bicyclic) bond motifs is 1. The molecule has 1 amide bonds. The maximum absolute atomic E-state index is 12.3. The third-order valence-corrected chi connectivity index (χ3v) is 5.84. The van der Waals surface area contributed by atoms with E-state index < -0.39 is 0 Å². The summed E-state index contributed by atoms with van der Waals surface area (Å²) in [6, 6.07) is 9.99. The lowest BCUT2D eigenvalue weighted by molar-refractivity contribution is -0.121. The Labute approximate surface area is 146 Å². The van der Waals surface area contributed by atoms with Crippen molar-refractivity contribution in [3.05, 3.63) is 52.5 Å². The summed E-state index contributed by atoms with van der Waals surface area (Å²) in [6.07, 6.45) is 3.86. The van der Waals surface area contributed by atoms with Crippen LogP contribution in [0, 0.1) is 0 Å². The quantitative estimate of drug-likeness (QED) is 0.515. The van der Waals surface area contributed by atoms with Crippen molar-refractivity contribution in [1.29, 1.82) is 0 Å². The van der Waals surface area contributed by atoms with Crippen LogP contribution in [0.1, 0.15) is 5.69 Å². The summed E-state index contributed by atoms with van der Waals surface area (Å²) < 4.78 is 2.59. The maximum Gasteiger partial charge on any atom is 0.265 e. The highest BCUT2D eigenvalue weighted by Crippen LogP contribution is 2.34. The molecule has 0 saturated carbocycles. The van der Waals surface area contributed by atoms with Crippen molar-refractivity contribution in [3.63, 3.8) is 0 Å². The summed E-state index contributed by atoms with van der Waals surface area (Å²) in [5, 5.41) is 1.99. The van der Waals surface area contributed by atoms with Crippen molar-refractivity contribution >= 4 is 56.6 Å². The van der Waals surface area contributed by atoms with Crippen molar-refractivity contribution in [1.82, 2.24) is 14.3 Å². The molecule has 0 aliphatic carbocycles. The first kappa shape index (κ1) is 14.6. The summed E-state index contributed by atoms with van der Waals surface area (Å²) in [5.41, 5.74) is 2.81. The molecule has 3 heterocycles. The summed E-state index contributed by atoms with van der Waals surface area (Å²) >= 11 is 8.10. The number of benzene rings is 1. The van der Waals surface area contributed by atoms with E-state index >= 15 is 0 Å². The van der Waals surface area contributed by atoms with Gasteiger partial charge in [-0.2, -0.15) is 0 Å². The Morgan fingerprint density at radius 2 is 2.04 bits per heavy atom. The van der Waals surface area contributed by atoms with Gasteiger partial charge >= 0.3 is 0 Å². The molecule has 0 atom stereocenters. The van der Waals surface area contributed by atoms with Crippen molar-refractivity contribution in [3.8, 4) is 11.3 Å². The first-order chi connectivity index (χ1) is 11.1. The van der Waals surface area contributed by atoms with E-state index in [1.165, 1.54) is 16.7 Å². The van der Waals surface area contributed by atoms with Gasteiger partial charge in [0.15, 0.2) is 4.96 Å². The van der Waals surface area contributed by atoms with Gasteiger partial charge in [0.25, 0.3) is 5.91 Å². The molecule has 4 rings (SSSR count). The molecule has 3 aromatic rings. The number of amides is 1. The van der Waals surface area contributed by atoms with Gasteiger partial charge in [0.1, 0.15) is 4.32 Å². The number of thioether (sulfide) groups is 1. The third-order valence-electron chi connectivity index (χ3n) is 3.60. The molecule has 0 unspecified atom stereocenters.